The zero-order chi connectivity index (χ0) is 20.9. The van der Waals surface area contributed by atoms with Crippen LogP contribution in [-0.2, 0) is 9.59 Å². The van der Waals surface area contributed by atoms with E-state index in [9.17, 15) is 14.4 Å². The van der Waals surface area contributed by atoms with Crippen LogP contribution >= 0.6 is 11.3 Å². The summed E-state index contributed by atoms with van der Waals surface area (Å²) in [5.41, 5.74) is 2.15. The fourth-order valence-electron chi connectivity index (χ4n) is 4.01. The molecule has 3 amide bonds. The number of amides is 3. The van der Waals surface area contributed by atoms with E-state index >= 15 is 0 Å². The third kappa shape index (κ3) is 4.88. The summed E-state index contributed by atoms with van der Waals surface area (Å²) >= 11 is 1.51. The van der Waals surface area contributed by atoms with Crippen LogP contribution in [0.15, 0.2) is 41.1 Å². The van der Waals surface area contributed by atoms with Crippen molar-refractivity contribution in [3.63, 3.8) is 0 Å². The Morgan fingerprint density at radius 1 is 1.10 bits per heavy atom. The molecule has 4 rings (SSSR count). The van der Waals surface area contributed by atoms with Crippen molar-refractivity contribution in [1.29, 1.82) is 0 Å². The highest BCUT2D eigenvalue weighted by Gasteiger charge is 2.25. The molecule has 30 heavy (non-hydrogen) atoms. The predicted molar refractivity (Wildman–Crippen MR) is 118 cm³/mol. The minimum atomic E-state index is -0.0881. The van der Waals surface area contributed by atoms with Crippen LogP contribution in [0.4, 0.5) is 11.4 Å². The van der Waals surface area contributed by atoms with Crippen LogP contribution in [0.1, 0.15) is 36.0 Å². The molecule has 0 atom stereocenters. The molecule has 0 bridgehead atoms. The Morgan fingerprint density at radius 3 is 2.60 bits per heavy atom. The number of carbonyl (C=O) groups is 3. The third-order valence-corrected chi connectivity index (χ3v) is 6.30. The molecule has 0 unspecified atom stereocenters. The molecule has 1 aromatic heterocycles. The summed E-state index contributed by atoms with van der Waals surface area (Å²) in [6, 6.07) is 9.42. The largest absolute Gasteiger partial charge is 0.349 e. The van der Waals surface area contributed by atoms with E-state index in [-0.39, 0.29) is 23.8 Å². The van der Waals surface area contributed by atoms with Crippen molar-refractivity contribution in [1.82, 2.24) is 10.2 Å². The maximum atomic E-state index is 12.6. The number of hydrogen-bond acceptors (Lipinski definition) is 5. The second-order valence-electron chi connectivity index (χ2n) is 7.75. The zero-order valence-electron chi connectivity index (χ0n) is 16.8. The Labute approximate surface area is 180 Å². The molecule has 3 heterocycles. The van der Waals surface area contributed by atoms with Gasteiger partial charge in [0.05, 0.1) is 17.9 Å². The van der Waals surface area contributed by atoms with Gasteiger partial charge in [-0.05, 0) is 42.8 Å². The Hall–Kier alpha value is -2.71. The van der Waals surface area contributed by atoms with Crippen molar-refractivity contribution in [3.8, 4) is 0 Å². The summed E-state index contributed by atoms with van der Waals surface area (Å²) < 4.78 is 0. The highest BCUT2D eigenvalue weighted by molar-refractivity contribution is 7.08. The van der Waals surface area contributed by atoms with Gasteiger partial charge in [-0.2, -0.15) is 11.3 Å². The van der Waals surface area contributed by atoms with Crippen LogP contribution < -0.4 is 15.5 Å². The highest BCUT2D eigenvalue weighted by atomic mass is 32.1. The lowest BCUT2D eigenvalue weighted by Crippen LogP contribution is -2.46. The Morgan fingerprint density at radius 2 is 1.90 bits per heavy atom. The van der Waals surface area contributed by atoms with Gasteiger partial charge >= 0.3 is 0 Å². The summed E-state index contributed by atoms with van der Waals surface area (Å²) in [6.45, 7) is 2.51. The molecule has 2 aliphatic heterocycles. The van der Waals surface area contributed by atoms with Crippen LogP contribution in [0.2, 0.25) is 0 Å². The molecule has 2 aromatic rings. The van der Waals surface area contributed by atoms with Gasteiger partial charge in [0.25, 0.3) is 5.91 Å². The van der Waals surface area contributed by atoms with Crippen molar-refractivity contribution in [2.45, 2.75) is 31.7 Å². The van der Waals surface area contributed by atoms with Crippen molar-refractivity contribution in [3.05, 3.63) is 46.7 Å². The third-order valence-electron chi connectivity index (χ3n) is 5.62. The summed E-state index contributed by atoms with van der Waals surface area (Å²) in [5.74, 6) is -0.0152. The maximum Gasteiger partial charge on any atom is 0.252 e. The van der Waals surface area contributed by atoms with Gasteiger partial charge in [-0.25, -0.2) is 0 Å². The van der Waals surface area contributed by atoms with E-state index in [1.54, 1.807) is 4.90 Å². The van der Waals surface area contributed by atoms with Gasteiger partial charge in [-0.15, -0.1) is 0 Å². The quantitative estimate of drug-likeness (QED) is 0.744. The van der Waals surface area contributed by atoms with Gasteiger partial charge < -0.3 is 15.5 Å². The smallest absolute Gasteiger partial charge is 0.252 e. The van der Waals surface area contributed by atoms with Gasteiger partial charge in [-0.1, -0.05) is 12.1 Å². The SMILES string of the molecule is O=C(CN1CCC(NC(=O)c2ccsc2)CC1)Nc1ccccc1N1CCCC1=O. The average Bonchev–Trinajstić information content (AvgIpc) is 3.42. The topological polar surface area (TPSA) is 81.8 Å². The number of hydrogen-bond donors (Lipinski definition) is 2. The lowest BCUT2D eigenvalue weighted by atomic mass is 10.0. The molecule has 7 nitrogen and oxygen atoms in total. The lowest BCUT2D eigenvalue weighted by Gasteiger charge is -2.32. The number of thiophene rings is 1. The first-order valence-electron chi connectivity index (χ1n) is 10.3. The molecule has 2 saturated heterocycles. The van der Waals surface area contributed by atoms with Crippen LogP contribution in [0.5, 0.6) is 0 Å². The van der Waals surface area contributed by atoms with Crippen molar-refractivity contribution in [2.75, 3.05) is 36.4 Å². The normalized spacial score (nSPS) is 17.9. The Balaban J connectivity index is 1.27. The van der Waals surface area contributed by atoms with Gasteiger partial charge in [-0.3, -0.25) is 19.3 Å². The molecular formula is C22H26N4O3S. The fourth-order valence-corrected chi connectivity index (χ4v) is 4.64. The molecule has 158 valence electrons. The van der Waals surface area contributed by atoms with E-state index in [1.165, 1.54) is 11.3 Å². The summed E-state index contributed by atoms with van der Waals surface area (Å²) in [7, 11) is 0. The predicted octanol–water partition coefficient (Wildman–Crippen LogP) is 2.71. The van der Waals surface area contributed by atoms with Crippen LogP contribution in [0, 0.1) is 0 Å². The minimum absolute atomic E-state index is 0.0273. The van der Waals surface area contributed by atoms with Crippen LogP contribution in [0.25, 0.3) is 0 Å². The van der Waals surface area contributed by atoms with Gasteiger partial charge in [0, 0.05) is 43.0 Å². The van der Waals surface area contributed by atoms with Crippen LogP contribution in [-0.4, -0.2) is 54.8 Å². The number of anilines is 2. The molecule has 2 fully saturated rings. The molecular weight excluding hydrogens is 400 g/mol. The first kappa shape index (κ1) is 20.6. The first-order valence-corrected chi connectivity index (χ1v) is 11.3. The number of piperidine rings is 1. The number of rotatable bonds is 6. The molecule has 0 saturated carbocycles. The lowest BCUT2D eigenvalue weighted by molar-refractivity contribution is -0.118. The van der Waals surface area contributed by atoms with Crippen molar-refractivity contribution in [2.24, 2.45) is 0 Å². The Bertz CT molecular complexity index is 907. The average molecular weight is 427 g/mol. The molecule has 8 heteroatoms. The number of nitrogens with one attached hydrogen (secondary N) is 2. The van der Waals surface area contributed by atoms with Gasteiger partial charge in [0.15, 0.2) is 0 Å². The van der Waals surface area contributed by atoms with E-state index < -0.39 is 0 Å². The number of likely N-dealkylation sites (tertiary alicyclic amines) is 1. The molecule has 0 aliphatic carbocycles. The first-order chi connectivity index (χ1) is 14.6. The molecule has 2 N–H and O–H groups in total. The number of nitrogens with zero attached hydrogens (tertiary/aromatic N) is 2. The van der Waals surface area contributed by atoms with E-state index in [1.807, 2.05) is 41.1 Å². The number of para-hydroxylation sites is 2. The van der Waals surface area contributed by atoms with E-state index in [0.29, 0.717) is 30.8 Å². The summed E-state index contributed by atoms with van der Waals surface area (Å²) in [4.78, 5) is 40.7. The monoisotopic (exact) mass is 426 g/mol. The molecule has 0 spiro atoms. The number of benzene rings is 1. The highest BCUT2D eigenvalue weighted by Crippen LogP contribution is 2.29. The van der Waals surface area contributed by atoms with Crippen molar-refractivity contribution >= 4 is 40.4 Å². The second-order valence-corrected chi connectivity index (χ2v) is 8.53. The fraction of sp³-hybridized carbons (Fsp3) is 0.409. The van der Waals surface area contributed by atoms with E-state index in [0.717, 1.165) is 38.0 Å². The van der Waals surface area contributed by atoms with E-state index in [4.69, 9.17) is 0 Å². The molecule has 2 aliphatic rings. The Kier molecular flexibility index (Phi) is 6.44. The standard InChI is InChI=1S/C22H26N4O3S/c27-20(24-18-4-1-2-5-19(18)26-10-3-6-21(26)28)14-25-11-7-17(8-12-25)23-22(29)16-9-13-30-15-16/h1-2,4-5,9,13,15,17H,3,6-8,10-12,14H2,(H,23,29)(H,24,27). The summed E-state index contributed by atoms with van der Waals surface area (Å²) in [5, 5.41) is 9.80. The van der Waals surface area contributed by atoms with Gasteiger partial charge in [0.2, 0.25) is 11.8 Å². The zero-order valence-corrected chi connectivity index (χ0v) is 17.6. The molecule has 0 radical (unpaired) electrons. The second kappa shape index (κ2) is 9.40. The van der Waals surface area contributed by atoms with E-state index in [2.05, 4.69) is 15.5 Å². The van der Waals surface area contributed by atoms with Crippen molar-refractivity contribution < 1.29 is 14.4 Å². The number of carbonyl (C=O) groups excluding carboxylic acids is 3. The molecule has 1 aromatic carbocycles. The van der Waals surface area contributed by atoms with Crippen LogP contribution in [0.3, 0.4) is 0 Å². The minimum Gasteiger partial charge on any atom is -0.349 e. The van der Waals surface area contributed by atoms with Gasteiger partial charge in [0.1, 0.15) is 0 Å². The summed E-state index contributed by atoms with van der Waals surface area (Å²) in [6.07, 6.45) is 3.04. The maximum absolute atomic E-state index is 12.6.